The Morgan fingerprint density at radius 3 is 2.80 bits per heavy atom. The minimum Gasteiger partial charge on any atom is -0.320 e. The summed E-state index contributed by atoms with van der Waals surface area (Å²) in [7, 11) is 0. The largest absolute Gasteiger partial charge is 0.320 e. The second kappa shape index (κ2) is 5.31. The highest BCUT2D eigenvalue weighted by atomic mass is 79.9. The van der Waals surface area contributed by atoms with E-state index in [2.05, 4.69) is 20.9 Å². The second-order valence-corrected chi connectivity index (χ2v) is 5.43. The van der Waals surface area contributed by atoms with Crippen LogP contribution in [-0.4, -0.2) is 4.98 Å². The van der Waals surface area contributed by atoms with Crippen LogP contribution in [0.5, 0.6) is 0 Å². The lowest BCUT2D eigenvalue weighted by Crippen LogP contribution is -2.13. The predicted octanol–water partition coefficient (Wildman–Crippen LogP) is 4.18. The van der Waals surface area contributed by atoms with Gasteiger partial charge < -0.3 is 5.73 Å². The van der Waals surface area contributed by atoms with E-state index in [1.807, 2.05) is 30.3 Å². The van der Waals surface area contributed by atoms with E-state index in [1.54, 1.807) is 24.4 Å². The predicted molar refractivity (Wildman–Crippen MR) is 81.9 cm³/mol. The van der Waals surface area contributed by atoms with E-state index in [4.69, 9.17) is 5.73 Å². The van der Waals surface area contributed by atoms with Crippen molar-refractivity contribution in [1.29, 1.82) is 0 Å². The number of hydrogen-bond acceptors (Lipinski definition) is 2. The van der Waals surface area contributed by atoms with E-state index >= 15 is 0 Å². The van der Waals surface area contributed by atoms with Crippen LogP contribution in [0.4, 0.5) is 4.39 Å². The molecular formula is C16H12BrFN2. The minimum atomic E-state index is -0.515. The molecular weight excluding hydrogens is 319 g/mol. The fourth-order valence-corrected chi connectivity index (χ4v) is 2.60. The van der Waals surface area contributed by atoms with Crippen LogP contribution in [0.2, 0.25) is 0 Å². The van der Waals surface area contributed by atoms with E-state index < -0.39 is 6.04 Å². The monoisotopic (exact) mass is 330 g/mol. The van der Waals surface area contributed by atoms with Gasteiger partial charge in [-0.3, -0.25) is 4.98 Å². The Morgan fingerprint density at radius 1 is 1.10 bits per heavy atom. The zero-order valence-corrected chi connectivity index (χ0v) is 12.1. The third-order valence-corrected chi connectivity index (χ3v) is 3.92. The number of halogens is 2. The smallest absolute Gasteiger partial charge is 0.142 e. The topological polar surface area (TPSA) is 38.9 Å². The molecule has 3 rings (SSSR count). The first kappa shape index (κ1) is 13.2. The molecule has 20 heavy (non-hydrogen) atoms. The number of pyridine rings is 1. The SMILES string of the molecule is NC(c1ccc2cccnc2c1)c1cccc(Br)c1F. The van der Waals surface area contributed by atoms with Gasteiger partial charge in [0.05, 0.1) is 16.0 Å². The summed E-state index contributed by atoms with van der Waals surface area (Å²) >= 11 is 3.18. The van der Waals surface area contributed by atoms with Gasteiger partial charge in [0, 0.05) is 17.1 Å². The fraction of sp³-hybridized carbons (Fsp3) is 0.0625. The molecule has 4 heteroatoms. The molecule has 1 heterocycles. The van der Waals surface area contributed by atoms with Crippen molar-refractivity contribution in [3.05, 3.63) is 76.1 Å². The van der Waals surface area contributed by atoms with Crippen LogP contribution in [0.3, 0.4) is 0 Å². The number of nitrogens with zero attached hydrogens (tertiary/aromatic N) is 1. The number of aromatic nitrogens is 1. The Balaban J connectivity index is 2.08. The molecule has 0 fully saturated rings. The molecule has 0 spiro atoms. The summed E-state index contributed by atoms with van der Waals surface area (Å²) in [5.41, 5.74) is 8.35. The molecule has 0 saturated heterocycles. The van der Waals surface area contributed by atoms with Crippen molar-refractivity contribution in [2.45, 2.75) is 6.04 Å². The highest BCUT2D eigenvalue weighted by Crippen LogP contribution is 2.28. The molecule has 2 N–H and O–H groups in total. The first-order valence-electron chi connectivity index (χ1n) is 6.21. The Morgan fingerprint density at radius 2 is 1.95 bits per heavy atom. The average Bonchev–Trinajstić information content (AvgIpc) is 2.49. The molecule has 0 aliphatic heterocycles. The molecule has 3 aromatic rings. The summed E-state index contributed by atoms with van der Waals surface area (Å²) in [6.45, 7) is 0. The number of nitrogens with two attached hydrogens (primary N) is 1. The zero-order chi connectivity index (χ0) is 14.1. The van der Waals surface area contributed by atoms with Crippen molar-refractivity contribution in [2.75, 3.05) is 0 Å². The molecule has 0 aliphatic carbocycles. The van der Waals surface area contributed by atoms with Crippen molar-refractivity contribution in [2.24, 2.45) is 5.73 Å². The molecule has 100 valence electrons. The minimum absolute atomic E-state index is 0.318. The molecule has 0 aliphatic rings. The molecule has 1 unspecified atom stereocenters. The number of fused-ring (bicyclic) bond motifs is 1. The van der Waals surface area contributed by atoms with Gasteiger partial charge in [-0.1, -0.05) is 30.3 Å². The molecule has 1 aromatic heterocycles. The van der Waals surface area contributed by atoms with Crippen molar-refractivity contribution in [3.8, 4) is 0 Å². The summed E-state index contributed by atoms with van der Waals surface area (Å²) in [6, 6.07) is 14.3. The number of hydrogen-bond donors (Lipinski definition) is 1. The van der Waals surface area contributed by atoms with Crippen molar-refractivity contribution >= 4 is 26.8 Å². The summed E-state index contributed by atoms with van der Waals surface area (Å²) < 4.78 is 14.5. The molecule has 0 bridgehead atoms. The van der Waals surface area contributed by atoms with Crippen molar-refractivity contribution < 1.29 is 4.39 Å². The molecule has 1 atom stereocenters. The van der Waals surface area contributed by atoms with Gasteiger partial charge in [-0.25, -0.2) is 4.39 Å². The highest BCUT2D eigenvalue weighted by Gasteiger charge is 2.15. The Bertz CT molecular complexity index is 773. The van der Waals surface area contributed by atoms with Crippen LogP contribution in [0.25, 0.3) is 10.9 Å². The van der Waals surface area contributed by atoms with E-state index in [0.29, 0.717) is 10.0 Å². The lowest BCUT2D eigenvalue weighted by molar-refractivity contribution is 0.593. The Hall–Kier alpha value is -1.78. The zero-order valence-electron chi connectivity index (χ0n) is 10.6. The third-order valence-electron chi connectivity index (χ3n) is 3.31. The van der Waals surface area contributed by atoms with E-state index in [1.165, 1.54) is 0 Å². The Labute approximate surface area is 124 Å². The van der Waals surface area contributed by atoms with E-state index in [-0.39, 0.29) is 5.82 Å². The van der Waals surface area contributed by atoms with Gasteiger partial charge in [0.1, 0.15) is 5.82 Å². The van der Waals surface area contributed by atoms with Crippen LogP contribution >= 0.6 is 15.9 Å². The molecule has 2 aromatic carbocycles. The molecule has 0 radical (unpaired) electrons. The lowest BCUT2D eigenvalue weighted by Gasteiger charge is -2.14. The van der Waals surface area contributed by atoms with E-state index in [9.17, 15) is 4.39 Å². The second-order valence-electron chi connectivity index (χ2n) is 4.58. The summed E-state index contributed by atoms with van der Waals surface area (Å²) in [5.74, 6) is -0.318. The maximum Gasteiger partial charge on any atom is 0.142 e. The van der Waals surface area contributed by atoms with Crippen LogP contribution in [0.1, 0.15) is 17.2 Å². The molecule has 2 nitrogen and oxygen atoms in total. The third kappa shape index (κ3) is 2.32. The van der Waals surface area contributed by atoms with E-state index in [0.717, 1.165) is 16.5 Å². The number of benzene rings is 2. The van der Waals surface area contributed by atoms with Gasteiger partial charge in [-0.15, -0.1) is 0 Å². The summed E-state index contributed by atoms with van der Waals surface area (Å²) in [6.07, 6.45) is 1.73. The lowest BCUT2D eigenvalue weighted by atomic mass is 9.98. The standard InChI is InChI=1S/C16H12BrFN2/c17-13-5-1-4-12(15(13)18)16(19)11-7-6-10-3-2-8-20-14(10)9-11/h1-9,16H,19H2. The average molecular weight is 331 g/mol. The van der Waals surface area contributed by atoms with Gasteiger partial charge in [-0.2, -0.15) is 0 Å². The van der Waals surface area contributed by atoms with Crippen LogP contribution in [0, 0.1) is 5.82 Å². The summed E-state index contributed by atoms with van der Waals surface area (Å²) in [4.78, 5) is 4.30. The first-order chi connectivity index (χ1) is 9.66. The number of rotatable bonds is 2. The van der Waals surface area contributed by atoms with Crippen LogP contribution in [0.15, 0.2) is 59.2 Å². The maximum atomic E-state index is 14.1. The fourth-order valence-electron chi connectivity index (χ4n) is 2.22. The van der Waals surface area contributed by atoms with Gasteiger partial charge >= 0.3 is 0 Å². The Kier molecular flexibility index (Phi) is 3.51. The quantitative estimate of drug-likeness (QED) is 0.765. The summed E-state index contributed by atoms with van der Waals surface area (Å²) in [5, 5.41) is 1.04. The van der Waals surface area contributed by atoms with Gasteiger partial charge in [0.25, 0.3) is 0 Å². The van der Waals surface area contributed by atoms with Crippen LogP contribution in [-0.2, 0) is 0 Å². The normalized spacial score (nSPS) is 12.6. The molecule has 0 saturated carbocycles. The van der Waals surface area contributed by atoms with Crippen molar-refractivity contribution in [3.63, 3.8) is 0 Å². The van der Waals surface area contributed by atoms with Gasteiger partial charge in [0.15, 0.2) is 0 Å². The van der Waals surface area contributed by atoms with Gasteiger partial charge in [-0.05, 0) is 39.7 Å². The highest BCUT2D eigenvalue weighted by molar-refractivity contribution is 9.10. The maximum absolute atomic E-state index is 14.1. The first-order valence-corrected chi connectivity index (χ1v) is 7.00. The molecule has 0 amide bonds. The van der Waals surface area contributed by atoms with Crippen molar-refractivity contribution in [1.82, 2.24) is 4.98 Å². The van der Waals surface area contributed by atoms with Crippen LogP contribution < -0.4 is 5.73 Å². The van der Waals surface area contributed by atoms with Gasteiger partial charge in [0.2, 0.25) is 0 Å².